The normalized spacial score (nSPS) is 18.2. The predicted molar refractivity (Wildman–Crippen MR) is 78.0 cm³/mol. The molecular formula is C15H21NOS. The Bertz CT molecular complexity index is 440. The van der Waals surface area contributed by atoms with Crippen LogP contribution in [-0.2, 0) is 11.2 Å². The van der Waals surface area contributed by atoms with Crippen LogP contribution in [0.5, 0.6) is 0 Å². The van der Waals surface area contributed by atoms with Gasteiger partial charge in [-0.25, -0.2) is 0 Å². The molecule has 3 heteroatoms. The molecule has 1 atom stereocenters. The molecule has 2 nitrogen and oxygen atoms in total. The van der Waals surface area contributed by atoms with E-state index in [1.54, 1.807) is 11.8 Å². The molecule has 0 aromatic heterocycles. The number of nitrogens with one attached hydrogen (secondary N) is 1. The van der Waals surface area contributed by atoms with Crippen molar-refractivity contribution in [2.24, 2.45) is 0 Å². The van der Waals surface area contributed by atoms with E-state index in [-0.39, 0.29) is 16.7 Å². The summed E-state index contributed by atoms with van der Waals surface area (Å²) in [7, 11) is 0. The van der Waals surface area contributed by atoms with Crippen molar-refractivity contribution in [1.82, 2.24) is 5.32 Å². The van der Waals surface area contributed by atoms with Crippen molar-refractivity contribution in [2.75, 3.05) is 6.26 Å². The molecular weight excluding hydrogens is 242 g/mol. The summed E-state index contributed by atoms with van der Waals surface area (Å²) in [6.45, 7) is 4.10. The highest BCUT2D eigenvalue weighted by Crippen LogP contribution is 2.39. The van der Waals surface area contributed by atoms with Crippen LogP contribution in [0.15, 0.2) is 24.3 Å². The highest BCUT2D eigenvalue weighted by molar-refractivity contribution is 7.99. The Morgan fingerprint density at radius 1 is 1.44 bits per heavy atom. The number of benzene rings is 1. The SMILES string of the molecule is CS[C@@H](C)C(=O)NC1(Cc2ccccc2C)CC1. The molecule has 18 heavy (non-hydrogen) atoms. The van der Waals surface area contributed by atoms with Gasteiger partial charge in [0.05, 0.1) is 5.25 Å². The number of thioether (sulfide) groups is 1. The minimum Gasteiger partial charge on any atom is -0.349 e. The zero-order valence-corrected chi connectivity index (χ0v) is 12.1. The molecule has 0 bridgehead atoms. The molecule has 0 radical (unpaired) electrons. The van der Waals surface area contributed by atoms with Gasteiger partial charge in [0.25, 0.3) is 0 Å². The van der Waals surface area contributed by atoms with Gasteiger partial charge in [0.15, 0.2) is 0 Å². The summed E-state index contributed by atoms with van der Waals surface area (Å²) >= 11 is 1.60. The Labute approximate surface area is 114 Å². The molecule has 1 aliphatic carbocycles. The van der Waals surface area contributed by atoms with Crippen LogP contribution in [0, 0.1) is 6.92 Å². The Hall–Kier alpha value is -0.960. The highest BCUT2D eigenvalue weighted by atomic mass is 32.2. The van der Waals surface area contributed by atoms with Gasteiger partial charge in [-0.05, 0) is 50.5 Å². The van der Waals surface area contributed by atoms with Gasteiger partial charge in [-0.1, -0.05) is 24.3 Å². The maximum absolute atomic E-state index is 12.0. The maximum Gasteiger partial charge on any atom is 0.233 e. The van der Waals surface area contributed by atoms with Crippen molar-refractivity contribution in [3.63, 3.8) is 0 Å². The first-order valence-electron chi connectivity index (χ1n) is 6.46. The van der Waals surface area contributed by atoms with E-state index >= 15 is 0 Å². The van der Waals surface area contributed by atoms with E-state index in [1.807, 2.05) is 13.2 Å². The first-order chi connectivity index (χ1) is 8.56. The third-order valence-corrected chi connectivity index (χ3v) is 4.68. The molecule has 0 aliphatic heterocycles. The van der Waals surface area contributed by atoms with Crippen LogP contribution in [0.4, 0.5) is 0 Å². The summed E-state index contributed by atoms with van der Waals surface area (Å²) in [5.41, 5.74) is 2.70. The fourth-order valence-corrected chi connectivity index (χ4v) is 2.41. The Kier molecular flexibility index (Phi) is 4.00. The van der Waals surface area contributed by atoms with Gasteiger partial charge in [-0.2, -0.15) is 11.8 Å². The van der Waals surface area contributed by atoms with Gasteiger partial charge in [0, 0.05) is 5.54 Å². The van der Waals surface area contributed by atoms with Crippen LogP contribution >= 0.6 is 11.8 Å². The molecule has 0 spiro atoms. The molecule has 1 N–H and O–H groups in total. The van der Waals surface area contributed by atoms with Crippen LogP contribution < -0.4 is 5.32 Å². The molecule has 1 aliphatic rings. The molecule has 2 rings (SSSR count). The Morgan fingerprint density at radius 2 is 2.11 bits per heavy atom. The van der Waals surface area contributed by atoms with Crippen molar-refractivity contribution in [3.05, 3.63) is 35.4 Å². The second kappa shape index (κ2) is 5.35. The van der Waals surface area contributed by atoms with Gasteiger partial charge in [-0.15, -0.1) is 0 Å². The fourth-order valence-electron chi connectivity index (χ4n) is 2.14. The topological polar surface area (TPSA) is 29.1 Å². The van der Waals surface area contributed by atoms with E-state index in [0.29, 0.717) is 0 Å². The lowest BCUT2D eigenvalue weighted by molar-refractivity contribution is -0.121. The number of hydrogen-bond donors (Lipinski definition) is 1. The second-order valence-electron chi connectivity index (χ2n) is 5.25. The standard InChI is InChI=1S/C15H21NOS/c1-11-6-4-5-7-13(11)10-15(8-9-15)16-14(17)12(2)18-3/h4-7,12H,8-10H2,1-3H3,(H,16,17)/t12-/m0/s1. The van der Waals surface area contributed by atoms with Gasteiger partial charge in [-0.3, -0.25) is 4.79 Å². The number of hydrogen-bond acceptors (Lipinski definition) is 2. The smallest absolute Gasteiger partial charge is 0.233 e. The monoisotopic (exact) mass is 263 g/mol. The number of rotatable bonds is 5. The summed E-state index contributed by atoms with van der Waals surface area (Å²) in [6.07, 6.45) is 5.15. The average Bonchev–Trinajstić information content (AvgIpc) is 3.11. The van der Waals surface area contributed by atoms with E-state index in [1.165, 1.54) is 11.1 Å². The lowest BCUT2D eigenvalue weighted by Crippen LogP contribution is -2.42. The first-order valence-corrected chi connectivity index (χ1v) is 7.74. The fraction of sp³-hybridized carbons (Fsp3) is 0.533. The molecule has 0 saturated heterocycles. The lowest BCUT2D eigenvalue weighted by Gasteiger charge is -2.20. The van der Waals surface area contributed by atoms with Crippen LogP contribution in [0.1, 0.15) is 30.9 Å². The average molecular weight is 263 g/mol. The van der Waals surface area contributed by atoms with Gasteiger partial charge >= 0.3 is 0 Å². The molecule has 98 valence electrons. The molecule has 1 aromatic carbocycles. The first kappa shape index (κ1) is 13.5. The van der Waals surface area contributed by atoms with E-state index in [9.17, 15) is 4.79 Å². The largest absolute Gasteiger partial charge is 0.349 e. The zero-order valence-electron chi connectivity index (χ0n) is 11.3. The quantitative estimate of drug-likeness (QED) is 0.885. The van der Waals surface area contributed by atoms with Crippen molar-refractivity contribution in [3.8, 4) is 0 Å². The third-order valence-electron chi connectivity index (χ3n) is 3.75. The van der Waals surface area contributed by atoms with E-state index < -0.39 is 0 Å². The van der Waals surface area contributed by atoms with Gasteiger partial charge in [0.1, 0.15) is 0 Å². The highest BCUT2D eigenvalue weighted by Gasteiger charge is 2.44. The van der Waals surface area contributed by atoms with Crippen LogP contribution in [0.25, 0.3) is 0 Å². The Morgan fingerprint density at radius 3 is 2.67 bits per heavy atom. The summed E-state index contributed by atoms with van der Waals surface area (Å²) < 4.78 is 0. The lowest BCUT2D eigenvalue weighted by atomic mass is 9.99. The molecule has 1 saturated carbocycles. The van der Waals surface area contributed by atoms with Crippen LogP contribution in [0.3, 0.4) is 0 Å². The van der Waals surface area contributed by atoms with Crippen molar-refractivity contribution in [1.29, 1.82) is 0 Å². The molecule has 1 fully saturated rings. The van der Waals surface area contributed by atoms with Gasteiger partial charge in [0.2, 0.25) is 5.91 Å². The summed E-state index contributed by atoms with van der Waals surface area (Å²) in [4.78, 5) is 12.0. The number of aryl methyl sites for hydroxylation is 1. The van der Waals surface area contributed by atoms with Crippen LogP contribution in [-0.4, -0.2) is 23.0 Å². The van der Waals surface area contributed by atoms with Gasteiger partial charge < -0.3 is 5.32 Å². The van der Waals surface area contributed by atoms with E-state index in [0.717, 1.165) is 19.3 Å². The van der Waals surface area contributed by atoms with Crippen LogP contribution in [0.2, 0.25) is 0 Å². The zero-order chi connectivity index (χ0) is 13.2. The third kappa shape index (κ3) is 3.08. The maximum atomic E-state index is 12.0. The molecule has 0 unspecified atom stereocenters. The Balaban J connectivity index is 2.01. The number of carbonyl (C=O) groups is 1. The summed E-state index contributed by atoms with van der Waals surface area (Å²) in [5.74, 6) is 0.175. The van der Waals surface area contributed by atoms with E-state index in [4.69, 9.17) is 0 Å². The van der Waals surface area contributed by atoms with Crippen molar-refractivity contribution in [2.45, 2.75) is 43.9 Å². The van der Waals surface area contributed by atoms with Crippen molar-refractivity contribution < 1.29 is 4.79 Å². The summed E-state index contributed by atoms with van der Waals surface area (Å²) in [6, 6.07) is 8.44. The molecule has 1 aromatic rings. The van der Waals surface area contributed by atoms with E-state index in [2.05, 4.69) is 36.5 Å². The predicted octanol–water partition coefficient (Wildman–Crippen LogP) is 2.94. The minimum absolute atomic E-state index is 0.0349. The molecule has 0 heterocycles. The summed E-state index contributed by atoms with van der Waals surface area (Å²) in [5, 5.41) is 3.28. The minimum atomic E-state index is 0.0349. The van der Waals surface area contributed by atoms with Crippen molar-refractivity contribution >= 4 is 17.7 Å². The second-order valence-corrected chi connectivity index (χ2v) is 6.43. The number of carbonyl (C=O) groups excluding carboxylic acids is 1. The molecule has 1 amide bonds. The number of amides is 1.